The third kappa shape index (κ3) is 2.41. The van der Waals surface area contributed by atoms with E-state index in [4.69, 9.17) is 0 Å². The van der Waals surface area contributed by atoms with Gasteiger partial charge in [0.1, 0.15) is 0 Å². The van der Waals surface area contributed by atoms with Crippen LogP contribution in [0.5, 0.6) is 0 Å². The van der Waals surface area contributed by atoms with Gasteiger partial charge in [0.2, 0.25) is 0 Å². The van der Waals surface area contributed by atoms with E-state index in [0.717, 1.165) is 18.4 Å². The van der Waals surface area contributed by atoms with Gasteiger partial charge in [0.05, 0.1) is 0 Å². The van der Waals surface area contributed by atoms with Gasteiger partial charge in [0, 0.05) is 5.92 Å². The van der Waals surface area contributed by atoms with Crippen LogP contribution in [0.4, 0.5) is 26.3 Å². The van der Waals surface area contributed by atoms with Crippen molar-refractivity contribution in [1.82, 2.24) is 0 Å². The molecule has 0 aliphatic heterocycles. The molecule has 3 aliphatic carbocycles. The lowest BCUT2D eigenvalue weighted by Crippen LogP contribution is -2.63. The minimum atomic E-state index is -5.72. The van der Waals surface area contributed by atoms with Gasteiger partial charge in [-0.3, -0.25) is 0 Å². The van der Waals surface area contributed by atoms with Gasteiger partial charge in [-0.2, -0.15) is 26.3 Å². The van der Waals surface area contributed by atoms with Gasteiger partial charge >= 0.3 is 12.4 Å². The van der Waals surface area contributed by atoms with Crippen molar-refractivity contribution in [2.24, 2.45) is 17.8 Å². The van der Waals surface area contributed by atoms with Gasteiger partial charge in [0.25, 0.3) is 5.60 Å². The molecule has 0 saturated heterocycles. The molecule has 1 N–H and O–H groups in total. The summed E-state index contributed by atoms with van der Waals surface area (Å²) in [6.45, 7) is 0. The molecule has 0 bridgehead atoms. The lowest BCUT2D eigenvalue weighted by atomic mass is 9.68. The number of hydrogen-bond donors (Lipinski definition) is 1. The highest BCUT2D eigenvalue weighted by molar-refractivity contribution is 5.34. The maximum absolute atomic E-state index is 13.4. The number of alkyl halides is 6. The average molecular weight is 342 g/mol. The zero-order valence-corrected chi connectivity index (χ0v) is 12.6. The Bertz CT molecular complexity index is 490. The van der Waals surface area contributed by atoms with Crippen LogP contribution in [-0.4, -0.2) is 23.1 Å². The number of fused-ring (bicyclic) bond motifs is 2. The van der Waals surface area contributed by atoms with Gasteiger partial charge in [-0.15, -0.1) is 0 Å². The number of aliphatic hydroxyl groups is 1. The van der Waals surface area contributed by atoms with Crippen LogP contribution in [0.2, 0.25) is 0 Å². The molecule has 3 unspecified atom stereocenters. The van der Waals surface area contributed by atoms with Gasteiger partial charge in [-0.1, -0.05) is 24.0 Å². The molecule has 132 valence electrons. The Balaban J connectivity index is 2.13. The standard InChI is InChI=1S/C16H20F6O/c17-15(18,19)14(23,16(20,21)22)13-11-7-3-1-5-9(11)10-6-2-4-8-12(10)13/h9,11,13,23H,1-8H2. The van der Waals surface area contributed by atoms with Crippen molar-refractivity contribution in [1.29, 1.82) is 0 Å². The van der Waals surface area contributed by atoms with E-state index in [1.807, 2.05) is 0 Å². The van der Waals surface area contributed by atoms with Crippen molar-refractivity contribution in [2.45, 2.75) is 69.3 Å². The fraction of sp³-hybridized carbons (Fsp3) is 0.875. The summed E-state index contributed by atoms with van der Waals surface area (Å²) in [7, 11) is 0. The second-order valence-corrected chi connectivity index (χ2v) is 7.05. The number of hydrogen-bond acceptors (Lipinski definition) is 1. The Kier molecular flexibility index (Phi) is 4.01. The molecule has 3 atom stereocenters. The molecule has 3 aliphatic rings. The minimum Gasteiger partial charge on any atom is -0.373 e. The fourth-order valence-electron chi connectivity index (χ4n) is 5.06. The molecule has 1 saturated carbocycles. The summed E-state index contributed by atoms with van der Waals surface area (Å²) >= 11 is 0. The molecule has 3 rings (SSSR count). The van der Waals surface area contributed by atoms with E-state index in [9.17, 15) is 31.4 Å². The normalized spacial score (nSPS) is 32.7. The van der Waals surface area contributed by atoms with Crippen molar-refractivity contribution in [3.8, 4) is 0 Å². The predicted molar refractivity (Wildman–Crippen MR) is 71.5 cm³/mol. The van der Waals surface area contributed by atoms with E-state index in [0.29, 0.717) is 32.1 Å². The zero-order valence-electron chi connectivity index (χ0n) is 12.6. The summed E-state index contributed by atoms with van der Waals surface area (Å²) in [6.07, 6.45) is -6.77. The molecular formula is C16H20F6O. The number of rotatable bonds is 1. The topological polar surface area (TPSA) is 20.2 Å². The summed E-state index contributed by atoms with van der Waals surface area (Å²) in [6, 6.07) is 0. The van der Waals surface area contributed by atoms with E-state index in [2.05, 4.69) is 0 Å². The maximum Gasteiger partial charge on any atom is 0.426 e. The van der Waals surface area contributed by atoms with Gasteiger partial charge in [0.15, 0.2) is 0 Å². The van der Waals surface area contributed by atoms with E-state index in [1.54, 1.807) is 0 Å². The molecule has 0 aromatic heterocycles. The van der Waals surface area contributed by atoms with Crippen molar-refractivity contribution in [3.05, 3.63) is 11.1 Å². The minimum absolute atomic E-state index is 0.208. The predicted octanol–water partition coefficient (Wildman–Crippen LogP) is 5.15. The zero-order chi connectivity index (χ0) is 17.0. The molecular weight excluding hydrogens is 322 g/mol. The van der Waals surface area contributed by atoms with Gasteiger partial charge in [-0.05, 0) is 50.4 Å². The Labute approximate surface area is 130 Å². The highest BCUT2D eigenvalue weighted by Crippen LogP contribution is 2.62. The fourth-order valence-corrected chi connectivity index (χ4v) is 5.06. The summed E-state index contributed by atoms with van der Waals surface area (Å²) in [5.74, 6) is -2.80. The molecule has 0 amide bonds. The first kappa shape index (κ1) is 17.1. The lowest BCUT2D eigenvalue weighted by Gasteiger charge is -2.43. The Morgan fingerprint density at radius 2 is 1.26 bits per heavy atom. The van der Waals surface area contributed by atoms with Crippen molar-refractivity contribution >= 4 is 0 Å². The summed E-state index contributed by atoms with van der Waals surface area (Å²) in [5.41, 5.74) is -3.59. The Morgan fingerprint density at radius 3 is 1.83 bits per heavy atom. The van der Waals surface area contributed by atoms with Crippen molar-refractivity contribution in [3.63, 3.8) is 0 Å². The average Bonchev–Trinajstić information content (AvgIpc) is 2.79. The SMILES string of the molecule is OC(C1C2=C(CCCC2)C2CCCCC21)(C(F)(F)F)C(F)(F)F. The molecule has 1 nitrogen and oxygen atoms in total. The molecule has 7 heteroatoms. The van der Waals surface area contributed by atoms with Crippen LogP contribution in [0.15, 0.2) is 11.1 Å². The summed E-state index contributed by atoms with van der Waals surface area (Å²) in [4.78, 5) is 0. The molecule has 1 fully saturated rings. The molecule has 23 heavy (non-hydrogen) atoms. The van der Waals surface area contributed by atoms with Crippen LogP contribution in [0.25, 0.3) is 0 Å². The molecule has 0 spiro atoms. The first-order valence-corrected chi connectivity index (χ1v) is 8.16. The van der Waals surface area contributed by atoms with Crippen LogP contribution in [0.1, 0.15) is 51.4 Å². The molecule has 0 aromatic carbocycles. The van der Waals surface area contributed by atoms with E-state index >= 15 is 0 Å². The molecule has 0 radical (unpaired) electrons. The van der Waals surface area contributed by atoms with Crippen LogP contribution in [0.3, 0.4) is 0 Å². The molecule has 0 aromatic rings. The molecule has 0 heterocycles. The first-order chi connectivity index (χ1) is 10.6. The Hall–Kier alpha value is -0.720. The number of halogens is 6. The quantitative estimate of drug-likeness (QED) is 0.516. The highest BCUT2D eigenvalue weighted by atomic mass is 19.4. The largest absolute Gasteiger partial charge is 0.426 e. The lowest BCUT2D eigenvalue weighted by molar-refractivity contribution is -0.385. The van der Waals surface area contributed by atoms with Crippen molar-refractivity contribution in [2.75, 3.05) is 0 Å². The van der Waals surface area contributed by atoms with Crippen molar-refractivity contribution < 1.29 is 31.4 Å². The van der Waals surface area contributed by atoms with E-state index in [1.165, 1.54) is 0 Å². The van der Waals surface area contributed by atoms with E-state index < -0.39 is 29.8 Å². The van der Waals surface area contributed by atoms with Gasteiger partial charge in [-0.25, -0.2) is 0 Å². The summed E-state index contributed by atoms with van der Waals surface area (Å²) in [5, 5.41) is 9.98. The Morgan fingerprint density at radius 1 is 0.739 bits per heavy atom. The third-order valence-electron chi connectivity index (χ3n) is 5.94. The maximum atomic E-state index is 13.4. The van der Waals surface area contributed by atoms with E-state index in [-0.39, 0.29) is 17.9 Å². The first-order valence-electron chi connectivity index (χ1n) is 8.16. The monoisotopic (exact) mass is 342 g/mol. The third-order valence-corrected chi connectivity index (χ3v) is 5.94. The summed E-state index contributed by atoms with van der Waals surface area (Å²) < 4.78 is 80.3. The second kappa shape index (κ2) is 5.39. The number of allylic oxidation sites excluding steroid dienone is 1. The second-order valence-electron chi connectivity index (χ2n) is 7.05. The van der Waals surface area contributed by atoms with Crippen LogP contribution < -0.4 is 0 Å². The van der Waals surface area contributed by atoms with Crippen LogP contribution >= 0.6 is 0 Å². The highest BCUT2D eigenvalue weighted by Gasteiger charge is 2.76. The van der Waals surface area contributed by atoms with Crippen LogP contribution in [0, 0.1) is 17.8 Å². The van der Waals surface area contributed by atoms with Gasteiger partial charge < -0.3 is 5.11 Å². The smallest absolute Gasteiger partial charge is 0.373 e. The van der Waals surface area contributed by atoms with Crippen LogP contribution in [-0.2, 0) is 0 Å².